The van der Waals surface area contributed by atoms with Crippen molar-refractivity contribution < 1.29 is 9.53 Å². The predicted molar refractivity (Wildman–Crippen MR) is 76.4 cm³/mol. The molecule has 0 radical (unpaired) electrons. The van der Waals surface area contributed by atoms with Crippen molar-refractivity contribution in [3.63, 3.8) is 0 Å². The third-order valence-corrected chi connectivity index (χ3v) is 3.43. The molecule has 1 unspecified atom stereocenters. The topological polar surface area (TPSA) is 65.4 Å². The second-order valence-corrected chi connectivity index (χ2v) is 4.98. The standard InChI is InChI=1S/C15H19N3O2/c1-20-14-6-4-13(5-7-14)17-15(19)11-18-8-2-3-12(9-16)10-18/h4-7,12H,2-3,8,10-11H2,1H3,(H,17,19). The van der Waals surface area contributed by atoms with Crippen molar-refractivity contribution in [2.75, 3.05) is 32.1 Å². The van der Waals surface area contributed by atoms with Crippen LogP contribution in [-0.4, -0.2) is 37.6 Å². The molecule has 1 aromatic rings. The van der Waals surface area contributed by atoms with Crippen LogP contribution < -0.4 is 10.1 Å². The lowest BCUT2D eigenvalue weighted by Gasteiger charge is -2.28. The number of methoxy groups -OCH3 is 1. The maximum absolute atomic E-state index is 12.0. The fraction of sp³-hybridized carbons (Fsp3) is 0.467. The number of hydrogen-bond acceptors (Lipinski definition) is 4. The molecule has 2 rings (SSSR count). The van der Waals surface area contributed by atoms with E-state index in [2.05, 4.69) is 11.4 Å². The summed E-state index contributed by atoms with van der Waals surface area (Å²) in [5.41, 5.74) is 0.754. The van der Waals surface area contributed by atoms with Crippen LogP contribution in [0.25, 0.3) is 0 Å². The van der Waals surface area contributed by atoms with Gasteiger partial charge in [-0.25, -0.2) is 0 Å². The van der Waals surface area contributed by atoms with Crippen LogP contribution in [0.4, 0.5) is 5.69 Å². The molecule has 1 N–H and O–H groups in total. The van der Waals surface area contributed by atoms with E-state index in [1.807, 2.05) is 29.2 Å². The molecule has 1 aliphatic rings. The fourth-order valence-corrected chi connectivity index (χ4v) is 2.38. The number of carbonyl (C=O) groups excluding carboxylic acids is 1. The average Bonchev–Trinajstić information content (AvgIpc) is 2.48. The highest BCUT2D eigenvalue weighted by atomic mass is 16.5. The monoisotopic (exact) mass is 273 g/mol. The number of ether oxygens (including phenoxy) is 1. The number of likely N-dealkylation sites (tertiary alicyclic amines) is 1. The zero-order chi connectivity index (χ0) is 14.4. The van der Waals surface area contributed by atoms with Crippen molar-refractivity contribution in [3.05, 3.63) is 24.3 Å². The molecule has 5 nitrogen and oxygen atoms in total. The predicted octanol–water partition coefficient (Wildman–Crippen LogP) is 1.87. The molecule has 1 atom stereocenters. The van der Waals surface area contributed by atoms with Gasteiger partial charge in [0, 0.05) is 12.2 Å². The zero-order valence-corrected chi connectivity index (χ0v) is 11.6. The van der Waals surface area contributed by atoms with Gasteiger partial charge < -0.3 is 10.1 Å². The molecule has 1 amide bonds. The Kier molecular flexibility index (Phi) is 4.97. The van der Waals surface area contributed by atoms with Crippen LogP contribution in [0.3, 0.4) is 0 Å². The van der Waals surface area contributed by atoms with E-state index in [1.54, 1.807) is 7.11 Å². The second-order valence-electron chi connectivity index (χ2n) is 4.98. The van der Waals surface area contributed by atoms with E-state index < -0.39 is 0 Å². The van der Waals surface area contributed by atoms with E-state index in [4.69, 9.17) is 10.00 Å². The molecular weight excluding hydrogens is 254 g/mol. The van der Waals surface area contributed by atoms with Gasteiger partial charge in [0.1, 0.15) is 5.75 Å². The summed E-state index contributed by atoms with van der Waals surface area (Å²) >= 11 is 0. The summed E-state index contributed by atoms with van der Waals surface area (Å²) in [4.78, 5) is 14.0. The van der Waals surface area contributed by atoms with Crippen molar-refractivity contribution >= 4 is 11.6 Å². The highest BCUT2D eigenvalue weighted by molar-refractivity contribution is 5.92. The second kappa shape index (κ2) is 6.92. The van der Waals surface area contributed by atoms with Crippen molar-refractivity contribution in [1.29, 1.82) is 5.26 Å². The van der Waals surface area contributed by atoms with Gasteiger partial charge in [-0.2, -0.15) is 5.26 Å². The molecule has 5 heteroatoms. The Morgan fingerprint density at radius 3 is 2.90 bits per heavy atom. The number of benzene rings is 1. The Morgan fingerprint density at radius 2 is 2.25 bits per heavy atom. The first-order chi connectivity index (χ1) is 9.71. The Morgan fingerprint density at radius 1 is 1.50 bits per heavy atom. The van der Waals surface area contributed by atoms with Crippen LogP contribution in [0.5, 0.6) is 5.75 Å². The molecule has 1 fully saturated rings. The van der Waals surface area contributed by atoms with Crippen LogP contribution in [0.1, 0.15) is 12.8 Å². The van der Waals surface area contributed by atoms with E-state index in [0.29, 0.717) is 13.1 Å². The first kappa shape index (κ1) is 14.4. The lowest BCUT2D eigenvalue weighted by molar-refractivity contribution is -0.117. The van der Waals surface area contributed by atoms with Gasteiger partial charge in [0.15, 0.2) is 0 Å². The summed E-state index contributed by atoms with van der Waals surface area (Å²) in [5, 5.41) is 11.8. The quantitative estimate of drug-likeness (QED) is 0.909. The summed E-state index contributed by atoms with van der Waals surface area (Å²) in [6, 6.07) is 9.52. The van der Waals surface area contributed by atoms with Gasteiger partial charge in [0.2, 0.25) is 5.91 Å². The highest BCUT2D eigenvalue weighted by Gasteiger charge is 2.21. The van der Waals surface area contributed by atoms with Crippen LogP contribution in [0.2, 0.25) is 0 Å². The third kappa shape index (κ3) is 3.97. The smallest absolute Gasteiger partial charge is 0.238 e. The first-order valence-corrected chi connectivity index (χ1v) is 6.77. The molecule has 0 bridgehead atoms. The SMILES string of the molecule is COc1ccc(NC(=O)CN2CCCC(C#N)C2)cc1. The average molecular weight is 273 g/mol. The molecule has 20 heavy (non-hydrogen) atoms. The Bertz CT molecular complexity index is 493. The van der Waals surface area contributed by atoms with Gasteiger partial charge in [-0.15, -0.1) is 0 Å². The zero-order valence-electron chi connectivity index (χ0n) is 11.6. The van der Waals surface area contributed by atoms with Crippen LogP contribution in [0.15, 0.2) is 24.3 Å². The molecule has 0 aromatic heterocycles. The fourth-order valence-electron chi connectivity index (χ4n) is 2.38. The van der Waals surface area contributed by atoms with E-state index >= 15 is 0 Å². The van der Waals surface area contributed by atoms with Crippen LogP contribution >= 0.6 is 0 Å². The van der Waals surface area contributed by atoms with Gasteiger partial charge >= 0.3 is 0 Å². The maximum atomic E-state index is 12.0. The number of anilines is 1. The number of nitrogens with zero attached hydrogens (tertiary/aromatic N) is 2. The molecule has 1 heterocycles. The molecular formula is C15H19N3O2. The van der Waals surface area contributed by atoms with Gasteiger partial charge in [-0.3, -0.25) is 9.69 Å². The number of amides is 1. The number of nitrogens with one attached hydrogen (secondary N) is 1. The van der Waals surface area contributed by atoms with Gasteiger partial charge in [-0.1, -0.05) is 0 Å². The van der Waals surface area contributed by atoms with Crippen molar-refractivity contribution in [2.45, 2.75) is 12.8 Å². The summed E-state index contributed by atoms with van der Waals surface area (Å²) in [5.74, 6) is 0.766. The third-order valence-electron chi connectivity index (χ3n) is 3.43. The number of rotatable bonds is 4. The lowest BCUT2D eigenvalue weighted by atomic mass is 10.00. The minimum absolute atomic E-state index is 0.0474. The molecule has 106 valence electrons. The number of nitriles is 1. The minimum atomic E-state index is -0.0474. The molecule has 0 saturated carbocycles. The summed E-state index contributed by atoms with van der Waals surface area (Å²) < 4.78 is 5.07. The highest BCUT2D eigenvalue weighted by Crippen LogP contribution is 2.17. The van der Waals surface area contributed by atoms with E-state index in [1.165, 1.54) is 0 Å². The van der Waals surface area contributed by atoms with E-state index in [9.17, 15) is 4.79 Å². The summed E-state index contributed by atoms with van der Waals surface area (Å²) in [6.45, 7) is 1.91. The molecule has 0 aliphatic carbocycles. The normalized spacial score (nSPS) is 19.1. The Hall–Kier alpha value is -2.06. The summed E-state index contributed by atoms with van der Waals surface area (Å²) in [6.07, 6.45) is 1.92. The van der Waals surface area contributed by atoms with Crippen molar-refractivity contribution in [2.24, 2.45) is 5.92 Å². The van der Waals surface area contributed by atoms with Gasteiger partial charge in [0.05, 0.1) is 25.6 Å². The number of piperidine rings is 1. The molecule has 1 aromatic carbocycles. The minimum Gasteiger partial charge on any atom is -0.497 e. The molecule has 1 saturated heterocycles. The van der Waals surface area contributed by atoms with Gasteiger partial charge in [0.25, 0.3) is 0 Å². The summed E-state index contributed by atoms with van der Waals surface area (Å²) in [7, 11) is 1.61. The lowest BCUT2D eigenvalue weighted by Crippen LogP contribution is -2.40. The molecule has 1 aliphatic heterocycles. The largest absolute Gasteiger partial charge is 0.497 e. The van der Waals surface area contributed by atoms with Crippen molar-refractivity contribution in [3.8, 4) is 11.8 Å². The van der Waals surface area contributed by atoms with E-state index in [-0.39, 0.29) is 11.8 Å². The Labute approximate surface area is 119 Å². The van der Waals surface area contributed by atoms with Crippen molar-refractivity contribution in [1.82, 2.24) is 4.90 Å². The van der Waals surface area contributed by atoms with Crippen LogP contribution in [0, 0.1) is 17.2 Å². The number of hydrogen-bond donors (Lipinski definition) is 1. The molecule has 0 spiro atoms. The first-order valence-electron chi connectivity index (χ1n) is 6.77. The van der Waals surface area contributed by atoms with Gasteiger partial charge in [-0.05, 0) is 43.7 Å². The Balaban J connectivity index is 1.84. The maximum Gasteiger partial charge on any atom is 0.238 e. The van der Waals surface area contributed by atoms with E-state index in [0.717, 1.165) is 30.8 Å². The van der Waals surface area contributed by atoms with Crippen LogP contribution in [-0.2, 0) is 4.79 Å². The number of carbonyl (C=O) groups is 1.